The third-order valence-corrected chi connectivity index (χ3v) is 2.47. The van der Waals surface area contributed by atoms with Crippen LogP contribution in [0.4, 0.5) is 0 Å². The van der Waals surface area contributed by atoms with Crippen LogP contribution in [0.3, 0.4) is 0 Å². The highest BCUT2D eigenvalue weighted by molar-refractivity contribution is 5.20. The van der Waals surface area contributed by atoms with Crippen LogP contribution in [0.25, 0.3) is 0 Å². The molecule has 1 heterocycles. The molecule has 2 rings (SSSR count). The molecule has 1 aromatic rings. The quantitative estimate of drug-likeness (QED) is 0.581. The van der Waals surface area contributed by atoms with Gasteiger partial charge in [-0.15, -0.1) is 5.10 Å². The summed E-state index contributed by atoms with van der Waals surface area (Å²) in [6, 6.07) is 0. The van der Waals surface area contributed by atoms with Gasteiger partial charge in [0.05, 0.1) is 6.20 Å². The van der Waals surface area contributed by atoms with Crippen molar-refractivity contribution in [2.45, 2.75) is 38.5 Å². The fraction of sp³-hybridized carbons (Fsp3) is 0.600. The van der Waals surface area contributed by atoms with E-state index < -0.39 is 0 Å². The van der Waals surface area contributed by atoms with Crippen LogP contribution in [-0.4, -0.2) is 10.2 Å². The Bertz CT molecular complexity index is 231. The maximum absolute atomic E-state index is 3.86. The first-order valence-corrected chi connectivity index (χ1v) is 4.68. The molecule has 1 aliphatic carbocycles. The Morgan fingerprint density at radius 1 is 1.08 bits per heavy atom. The minimum absolute atomic E-state index is 1.14. The van der Waals surface area contributed by atoms with Crippen LogP contribution >= 0.6 is 0 Å². The maximum atomic E-state index is 3.86. The Kier molecular flexibility index (Phi) is 2.35. The Balaban J connectivity index is 2.24. The zero-order valence-electron chi connectivity index (χ0n) is 7.21. The molecule has 0 spiro atoms. The molecule has 0 aromatic carbocycles. The van der Waals surface area contributed by atoms with Crippen molar-refractivity contribution in [3.63, 3.8) is 0 Å². The van der Waals surface area contributed by atoms with E-state index in [2.05, 4.69) is 16.4 Å². The van der Waals surface area contributed by atoms with Crippen molar-refractivity contribution < 1.29 is 0 Å². The number of nitrogens with zero attached hydrogens (tertiary/aromatic N) is 2. The molecule has 0 amide bonds. The van der Waals surface area contributed by atoms with E-state index in [1.165, 1.54) is 43.2 Å². The van der Waals surface area contributed by atoms with Gasteiger partial charge in [0.2, 0.25) is 0 Å². The molecule has 0 saturated heterocycles. The molecular formula is C10H13N2. The zero-order valence-corrected chi connectivity index (χ0v) is 7.21. The summed E-state index contributed by atoms with van der Waals surface area (Å²) in [5, 5.41) is 7.66. The van der Waals surface area contributed by atoms with Gasteiger partial charge in [-0.05, 0) is 36.8 Å². The van der Waals surface area contributed by atoms with Crippen LogP contribution in [0.5, 0.6) is 0 Å². The number of hydrogen-bond acceptors (Lipinski definition) is 2. The van der Waals surface area contributed by atoms with E-state index in [9.17, 15) is 0 Å². The minimum Gasteiger partial charge on any atom is -0.158 e. The molecule has 0 unspecified atom stereocenters. The van der Waals surface area contributed by atoms with Crippen molar-refractivity contribution in [3.05, 3.63) is 23.5 Å². The first-order chi connectivity index (χ1) is 5.97. The van der Waals surface area contributed by atoms with Gasteiger partial charge in [-0.1, -0.05) is 12.8 Å². The lowest BCUT2D eigenvalue weighted by molar-refractivity contribution is 0.611. The average Bonchev–Trinajstić information content (AvgIpc) is 2.06. The van der Waals surface area contributed by atoms with Crippen LogP contribution in [0.15, 0.2) is 6.20 Å². The second-order valence-electron chi connectivity index (χ2n) is 3.37. The Morgan fingerprint density at radius 3 is 2.83 bits per heavy atom. The molecule has 12 heavy (non-hydrogen) atoms. The SMILES string of the molecule is [c]1nncc2c1CCCCCC2. The lowest BCUT2D eigenvalue weighted by Gasteiger charge is -2.10. The first kappa shape index (κ1) is 7.71. The zero-order chi connectivity index (χ0) is 8.23. The number of aryl methyl sites for hydroxylation is 2. The second-order valence-corrected chi connectivity index (χ2v) is 3.37. The van der Waals surface area contributed by atoms with Gasteiger partial charge < -0.3 is 0 Å². The average molecular weight is 161 g/mol. The molecule has 0 N–H and O–H groups in total. The topological polar surface area (TPSA) is 25.8 Å². The molecule has 1 radical (unpaired) electrons. The van der Waals surface area contributed by atoms with Crippen LogP contribution in [-0.2, 0) is 12.8 Å². The molecule has 0 bridgehead atoms. The van der Waals surface area contributed by atoms with Crippen molar-refractivity contribution in [2.24, 2.45) is 0 Å². The van der Waals surface area contributed by atoms with Crippen LogP contribution in [0.1, 0.15) is 36.8 Å². The molecule has 2 nitrogen and oxygen atoms in total. The van der Waals surface area contributed by atoms with Gasteiger partial charge in [0, 0.05) is 0 Å². The summed E-state index contributed by atoms with van der Waals surface area (Å²) in [6.07, 6.45) is 12.5. The summed E-state index contributed by atoms with van der Waals surface area (Å²) in [7, 11) is 0. The highest BCUT2D eigenvalue weighted by Gasteiger charge is 2.06. The predicted molar refractivity (Wildman–Crippen MR) is 46.7 cm³/mol. The van der Waals surface area contributed by atoms with Crippen LogP contribution in [0.2, 0.25) is 0 Å². The van der Waals surface area contributed by atoms with Gasteiger partial charge in [0.1, 0.15) is 6.20 Å². The normalized spacial score (nSPS) is 17.7. The maximum Gasteiger partial charge on any atom is 0.117 e. The third kappa shape index (κ3) is 1.63. The summed E-state index contributed by atoms with van der Waals surface area (Å²) in [5.41, 5.74) is 2.66. The Labute approximate surface area is 73.0 Å². The fourth-order valence-electron chi connectivity index (χ4n) is 1.74. The van der Waals surface area contributed by atoms with Gasteiger partial charge in [-0.25, -0.2) is 0 Å². The van der Waals surface area contributed by atoms with Gasteiger partial charge in [-0.3, -0.25) is 0 Å². The fourth-order valence-corrected chi connectivity index (χ4v) is 1.74. The Morgan fingerprint density at radius 2 is 1.92 bits per heavy atom. The van der Waals surface area contributed by atoms with E-state index in [0.717, 1.165) is 6.42 Å². The monoisotopic (exact) mass is 161 g/mol. The minimum atomic E-state index is 1.14. The van der Waals surface area contributed by atoms with Crippen molar-refractivity contribution >= 4 is 0 Å². The van der Waals surface area contributed by atoms with Gasteiger partial charge in [0.15, 0.2) is 0 Å². The summed E-state index contributed by atoms with van der Waals surface area (Å²) in [6.45, 7) is 0. The number of hydrogen-bond donors (Lipinski definition) is 0. The smallest absolute Gasteiger partial charge is 0.117 e. The van der Waals surface area contributed by atoms with Crippen molar-refractivity contribution in [1.82, 2.24) is 10.2 Å². The van der Waals surface area contributed by atoms with E-state index >= 15 is 0 Å². The second kappa shape index (κ2) is 3.65. The lowest BCUT2D eigenvalue weighted by Crippen LogP contribution is -2.01. The number of rotatable bonds is 0. The Hall–Kier alpha value is -0.920. The standard InChI is InChI=1S/C10H13N2/c1-2-4-6-10-8-12-11-7-9(10)5-3-1/h7H,1-6H2. The highest BCUT2D eigenvalue weighted by atomic mass is 15.1. The van der Waals surface area contributed by atoms with Gasteiger partial charge >= 0.3 is 0 Å². The summed E-state index contributed by atoms with van der Waals surface area (Å²) < 4.78 is 0. The molecule has 63 valence electrons. The third-order valence-electron chi connectivity index (χ3n) is 2.47. The van der Waals surface area contributed by atoms with Gasteiger partial charge in [0.25, 0.3) is 0 Å². The summed E-state index contributed by atoms with van der Waals surface area (Å²) in [4.78, 5) is 0. The van der Waals surface area contributed by atoms with E-state index in [4.69, 9.17) is 0 Å². The highest BCUT2D eigenvalue weighted by Crippen LogP contribution is 2.17. The van der Waals surface area contributed by atoms with Crippen molar-refractivity contribution in [2.75, 3.05) is 0 Å². The molecule has 0 saturated carbocycles. The van der Waals surface area contributed by atoms with Crippen LogP contribution < -0.4 is 0 Å². The van der Waals surface area contributed by atoms with Crippen molar-refractivity contribution in [3.8, 4) is 0 Å². The van der Waals surface area contributed by atoms with Gasteiger partial charge in [-0.2, -0.15) is 5.10 Å². The molecule has 1 aliphatic rings. The van der Waals surface area contributed by atoms with E-state index in [0.29, 0.717) is 0 Å². The lowest BCUT2D eigenvalue weighted by atomic mass is 9.96. The van der Waals surface area contributed by atoms with E-state index in [1.54, 1.807) is 0 Å². The van der Waals surface area contributed by atoms with E-state index in [1.807, 2.05) is 6.20 Å². The largest absolute Gasteiger partial charge is 0.158 e. The molecular weight excluding hydrogens is 148 g/mol. The molecule has 2 heteroatoms. The number of fused-ring (bicyclic) bond motifs is 1. The first-order valence-electron chi connectivity index (χ1n) is 4.68. The van der Waals surface area contributed by atoms with Crippen LogP contribution in [0, 0.1) is 6.20 Å². The molecule has 0 fully saturated rings. The molecule has 1 aromatic heterocycles. The van der Waals surface area contributed by atoms with Crippen molar-refractivity contribution in [1.29, 1.82) is 0 Å². The summed E-state index contributed by atoms with van der Waals surface area (Å²) >= 11 is 0. The predicted octanol–water partition coefficient (Wildman–Crippen LogP) is 1.94. The summed E-state index contributed by atoms with van der Waals surface area (Å²) in [5.74, 6) is 0. The number of aromatic nitrogens is 2. The molecule has 0 atom stereocenters. The molecule has 0 aliphatic heterocycles. The van der Waals surface area contributed by atoms with E-state index in [-0.39, 0.29) is 0 Å².